The molecule has 1 amide bonds. The predicted octanol–water partition coefficient (Wildman–Crippen LogP) is 3.29. The first-order chi connectivity index (χ1) is 8.35. The fourth-order valence-electron chi connectivity index (χ4n) is 1.32. The molecule has 0 aliphatic carbocycles. The fraction of sp³-hybridized carbons (Fsp3) is 0.615. The van der Waals surface area contributed by atoms with Crippen molar-refractivity contribution in [3.63, 3.8) is 0 Å². The Labute approximate surface area is 121 Å². The van der Waals surface area contributed by atoms with Crippen molar-refractivity contribution in [1.29, 1.82) is 0 Å². The van der Waals surface area contributed by atoms with Crippen LogP contribution >= 0.6 is 27.3 Å². The molecular formula is C13H21BrN2OS. The summed E-state index contributed by atoms with van der Waals surface area (Å²) in [7, 11) is 0. The Bertz CT molecular complexity index is 403. The smallest absolute Gasteiger partial charge is 0.237 e. The minimum atomic E-state index is -0.190. The molecule has 0 radical (unpaired) electrons. The molecule has 1 unspecified atom stereocenters. The van der Waals surface area contributed by atoms with Gasteiger partial charge in [-0.15, -0.1) is 11.3 Å². The van der Waals surface area contributed by atoms with Crippen LogP contribution in [0.15, 0.2) is 15.9 Å². The van der Waals surface area contributed by atoms with Crippen LogP contribution in [0.3, 0.4) is 0 Å². The van der Waals surface area contributed by atoms with E-state index in [0.29, 0.717) is 6.54 Å². The van der Waals surface area contributed by atoms with Crippen molar-refractivity contribution >= 4 is 33.2 Å². The second-order valence-corrected chi connectivity index (χ2v) is 6.88. The van der Waals surface area contributed by atoms with Crippen LogP contribution < -0.4 is 10.6 Å². The van der Waals surface area contributed by atoms with E-state index in [1.165, 1.54) is 4.88 Å². The van der Waals surface area contributed by atoms with Gasteiger partial charge in [0, 0.05) is 21.4 Å². The largest absolute Gasteiger partial charge is 0.350 e. The third-order valence-electron chi connectivity index (χ3n) is 3.00. The van der Waals surface area contributed by atoms with Gasteiger partial charge in [-0.05, 0) is 54.6 Å². The second-order valence-electron chi connectivity index (χ2n) is 5.02. The Morgan fingerprint density at radius 2 is 2.22 bits per heavy atom. The molecule has 0 saturated carbocycles. The van der Waals surface area contributed by atoms with E-state index < -0.39 is 0 Å². The van der Waals surface area contributed by atoms with Crippen LogP contribution in [-0.4, -0.2) is 17.5 Å². The van der Waals surface area contributed by atoms with Crippen LogP contribution in [0.1, 0.15) is 39.0 Å². The number of amides is 1. The number of hydrogen-bond acceptors (Lipinski definition) is 3. The van der Waals surface area contributed by atoms with Crippen molar-refractivity contribution in [1.82, 2.24) is 10.6 Å². The molecule has 1 rings (SSSR count). The highest BCUT2D eigenvalue weighted by molar-refractivity contribution is 9.10. The van der Waals surface area contributed by atoms with Gasteiger partial charge in [0.2, 0.25) is 5.91 Å². The lowest BCUT2D eigenvalue weighted by Gasteiger charge is -2.26. The van der Waals surface area contributed by atoms with Gasteiger partial charge in [-0.2, -0.15) is 0 Å². The summed E-state index contributed by atoms with van der Waals surface area (Å²) in [5.74, 6) is 0.0505. The molecule has 0 saturated heterocycles. The standard InChI is InChI=1S/C13H21BrN2OS/c1-5-13(3,4)16-12(17)9(2)15-8-11-10(14)6-7-18-11/h6-7,9,15H,5,8H2,1-4H3,(H,16,17). The highest BCUT2D eigenvalue weighted by Crippen LogP contribution is 2.22. The van der Waals surface area contributed by atoms with Crippen molar-refractivity contribution in [2.75, 3.05) is 0 Å². The van der Waals surface area contributed by atoms with E-state index in [1.54, 1.807) is 11.3 Å². The van der Waals surface area contributed by atoms with E-state index in [1.807, 2.05) is 32.2 Å². The van der Waals surface area contributed by atoms with Gasteiger partial charge in [0.1, 0.15) is 0 Å². The van der Waals surface area contributed by atoms with Gasteiger partial charge >= 0.3 is 0 Å². The normalized spacial score (nSPS) is 13.4. The first-order valence-electron chi connectivity index (χ1n) is 6.13. The molecule has 5 heteroatoms. The Morgan fingerprint density at radius 3 is 2.72 bits per heavy atom. The van der Waals surface area contributed by atoms with Crippen molar-refractivity contribution < 1.29 is 4.79 Å². The summed E-state index contributed by atoms with van der Waals surface area (Å²) in [6.45, 7) is 8.74. The predicted molar refractivity (Wildman–Crippen MR) is 80.8 cm³/mol. The average Bonchev–Trinajstić information content (AvgIpc) is 2.71. The van der Waals surface area contributed by atoms with Crippen LogP contribution in [0.5, 0.6) is 0 Å². The lowest BCUT2D eigenvalue weighted by molar-refractivity contribution is -0.124. The van der Waals surface area contributed by atoms with Gasteiger partial charge in [0.05, 0.1) is 6.04 Å². The molecule has 1 aromatic heterocycles. The number of carbonyl (C=O) groups excluding carboxylic acids is 1. The van der Waals surface area contributed by atoms with Crippen molar-refractivity contribution in [3.05, 3.63) is 20.8 Å². The SMILES string of the molecule is CCC(C)(C)NC(=O)C(C)NCc1sccc1Br. The Balaban J connectivity index is 2.43. The molecule has 1 aromatic rings. The molecule has 0 aliphatic heterocycles. The van der Waals surface area contributed by atoms with Crippen LogP contribution in [0, 0.1) is 0 Å². The van der Waals surface area contributed by atoms with E-state index in [0.717, 1.165) is 10.9 Å². The summed E-state index contributed by atoms with van der Waals surface area (Å²) < 4.78 is 1.10. The molecule has 102 valence electrons. The molecule has 1 atom stereocenters. The van der Waals surface area contributed by atoms with Crippen LogP contribution in [0.25, 0.3) is 0 Å². The first-order valence-corrected chi connectivity index (χ1v) is 7.80. The zero-order valence-corrected chi connectivity index (χ0v) is 13.7. The fourth-order valence-corrected chi connectivity index (χ4v) is 2.76. The number of halogens is 1. The minimum absolute atomic E-state index is 0.0505. The Morgan fingerprint density at radius 1 is 1.56 bits per heavy atom. The van der Waals surface area contributed by atoms with Gasteiger partial charge in [-0.3, -0.25) is 4.79 Å². The third kappa shape index (κ3) is 4.71. The van der Waals surface area contributed by atoms with Gasteiger partial charge in [0.25, 0.3) is 0 Å². The molecule has 0 aromatic carbocycles. The van der Waals surface area contributed by atoms with Crippen molar-refractivity contribution in [2.24, 2.45) is 0 Å². The second kappa shape index (κ2) is 6.68. The quantitative estimate of drug-likeness (QED) is 0.839. The molecule has 0 bridgehead atoms. The zero-order valence-electron chi connectivity index (χ0n) is 11.3. The first kappa shape index (κ1) is 15.7. The van der Waals surface area contributed by atoms with E-state index in [2.05, 4.69) is 33.5 Å². The Kier molecular flexibility index (Phi) is 5.82. The van der Waals surface area contributed by atoms with Crippen LogP contribution in [-0.2, 0) is 11.3 Å². The molecule has 0 spiro atoms. The van der Waals surface area contributed by atoms with E-state index >= 15 is 0 Å². The average molecular weight is 333 g/mol. The monoisotopic (exact) mass is 332 g/mol. The third-order valence-corrected chi connectivity index (χ3v) is 4.92. The highest BCUT2D eigenvalue weighted by Gasteiger charge is 2.21. The maximum absolute atomic E-state index is 12.0. The van der Waals surface area contributed by atoms with Gasteiger partial charge in [0.15, 0.2) is 0 Å². The summed E-state index contributed by atoms with van der Waals surface area (Å²) in [5, 5.41) is 8.32. The number of carbonyl (C=O) groups is 1. The lowest BCUT2D eigenvalue weighted by Crippen LogP contribution is -2.50. The maximum atomic E-state index is 12.0. The maximum Gasteiger partial charge on any atom is 0.237 e. The van der Waals surface area contributed by atoms with E-state index in [9.17, 15) is 4.79 Å². The van der Waals surface area contributed by atoms with Gasteiger partial charge in [-0.25, -0.2) is 0 Å². The number of thiophene rings is 1. The van der Waals surface area contributed by atoms with Crippen molar-refractivity contribution in [2.45, 2.75) is 52.2 Å². The zero-order chi connectivity index (χ0) is 13.8. The summed E-state index contributed by atoms with van der Waals surface area (Å²) in [6, 6.07) is 1.83. The van der Waals surface area contributed by atoms with E-state index in [-0.39, 0.29) is 17.5 Å². The summed E-state index contributed by atoms with van der Waals surface area (Å²) in [6.07, 6.45) is 0.919. The molecule has 1 heterocycles. The summed E-state index contributed by atoms with van der Waals surface area (Å²) in [5.41, 5.74) is -0.142. The molecule has 0 fully saturated rings. The number of rotatable bonds is 6. The van der Waals surface area contributed by atoms with Gasteiger partial charge in [-0.1, -0.05) is 6.92 Å². The summed E-state index contributed by atoms with van der Waals surface area (Å²) in [4.78, 5) is 13.2. The number of hydrogen-bond donors (Lipinski definition) is 2. The van der Waals surface area contributed by atoms with Gasteiger partial charge < -0.3 is 10.6 Å². The molecule has 18 heavy (non-hydrogen) atoms. The molecule has 2 N–H and O–H groups in total. The van der Waals surface area contributed by atoms with Crippen LogP contribution in [0.2, 0.25) is 0 Å². The van der Waals surface area contributed by atoms with Crippen LogP contribution in [0.4, 0.5) is 0 Å². The minimum Gasteiger partial charge on any atom is -0.350 e. The van der Waals surface area contributed by atoms with E-state index in [4.69, 9.17) is 0 Å². The lowest BCUT2D eigenvalue weighted by atomic mass is 10.0. The van der Waals surface area contributed by atoms with Crippen molar-refractivity contribution in [3.8, 4) is 0 Å². The number of nitrogens with one attached hydrogen (secondary N) is 2. The topological polar surface area (TPSA) is 41.1 Å². The molecular weight excluding hydrogens is 312 g/mol. The molecule has 0 aliphatic rings. The summed E-state index contributed by atoms with van der Waals surface area (Å²) >= 11 is 5.16. The Hall–Kier alpha value is -0.390. The molecule has 3 nitrogen and oxygen atoms in total. The highest BCUT2D eigenvalue weighted by atomic mass is 79.9.